The van der Waals surface area contributed by atoms with Crippen LogP contribution in [0, 0.1) is 5.92 Å². The van der Waals surface area contributed by atoms with Gasteiger partial charge in [-0.25, -0.2) is 0 Å². The molecule has 0 bridgehead atoms. The summed E-state index contributed by atoms with van der Waals surface area (Å²) < 4.78 is 11.6. The number of halogens is 1. The summed E-state index contributed by atoms with van der Waals surface area (Å²) in [6, 6.07) is 14.0. The number of ether oxygens (including phenoxy) is 2. The summed E-state index contributed by atoms with van der Waals surface area (Å²) in [5.74, 6) is -1.02. The van der Waals surface area contributed by atoms with Crippen molar-refractivity contribution in [1.82, 2.24) is 0 Å². The number of hydrogen-bond acceptors (Lipinski definition) is 5. The fourth-order valence-corrected chi connectivity index (χ4v) is 3.29. The third kappa shape index (κ3) is 4.59. The van der Waals surface area contributed by atoms with E-state index in [2.05, 4.69) is 15.9 Å². The van der Waals surface area contributed by atoms with Gasteiger partial charge in [-0.2, -0.15) is 0 Å². The van der Waals surface area contributed by atoms with Crippen LogP contribution in [-0.2, 0) is 14.3 Å². The number of Topliss-reactive ketones (excluding diaryl/α,β-unsaturated/α-hetero) is 1. The normalized spacial score (nSPS) is 16.1. The Kier molecular flexibility index (Phi) is 6.46. The predicted molar refractivity (Wildman–Crippen MR) is 108 cm³/mol. The van der Waals surface area contributed by atoms with Gasteiger partial charge in [0.05, 0.1) is 18.2 Å². The van der Waals surface area contributed by atoms with Crippen molar-refractivity contribution < 1.29 is 23.9 Å². The van der Waals surface area contributed by atoms with Crippen molar-refractivity contribution in [3.8, 4) is 5.75 Å². The second-order valence-electron chi connectivity index (χ2n) is 6.34. The van der Waals surface area contributed by atoms with Crippen molar-refractivity contribution >= 4 is 39.3 Å². The van der Waals surface area contributed by atoms with Crippen LogP contribution in [0.2, 0.25) is 0 Å². The molecule has 1 heterocycles. The molecule has 0 aliphatic carbocycles. The standard InChI is InChI=1S/C21H20BrNO5/c1-2-27-19-6-4-3-5-17(19)23-12-15(11-20(23)25)21(26)28-13-18(24)14-7-9-16(22)10-8-14/h3-10,15H,2,11-13H2,1H3/t15-/m0/s1. The summed E-state index contributed by atoms with van der Waals surface area (Å²) in [5, 5.41) is 0. The molecule has 7 heteroatoms. The maximum atomic E-state index is 12.4. The maximum absolute atomic E-state index is 12.4. The molecule has 1 atom stereocenters. The molecule has 0 radical (unpaired) electrons. The lowest BCUT2D eigenvalue weighted by Gasteiger charge is -2.19. The molecule has 1 saturated heterocycles. The molecule has 1 fully saturated rings. The number of benzene rings is 2. The summed E-state index contributed by atoms with van der Waals surface area (Å²) in [6.07, 6.45) is 0.0474. The number of carbonyl (C=O) groups is 3. The molecule has 1 aliphatic heterocycles. The quantitative estimate of drug-likeness (QED) is 0.480. The van der Waals surface area contributed by atoms with Crippen LogP contribution in [0.25, 0.3) is 0 Å². The van der Waals surface area contributed by atoms with Crippen molar-refractivity contribution in [3.05, 3.63) is 58.6 Å². The van der Waals surface area contributed by atoms with E-state index in [1.165, 1.54) is 4.90 Å². The Bertz CT molecular complexity index is 881. The van der Waals surface area contributed by atoms with Crippen LogP contribution in [0.15, 0.2) is 53.0 Å². The number of anilines is 1. The van der Waals surface area contributed by atoms with E-state index in [0.29, 0.717) is 23.6 Å². The topological polar surface area (TPSA) is 72.9 Å². The second-order valence-corrected chi connectivity index (χ2v) is 7.26. The van der Waals surface area contributed by atoms with Crippen molar-refractivity contribution in [1.29, 1.82) is 0 Å². The third-order valence-corrected chi connectivity index (χ3v) is 4.95. The van der Waals surface area contributed by atoms with Gasteiger partial charge in [-0.3, -0.25) is 14.4 Å². The summed E-state index contributed by atoms with van der Waals surface area (Å²) in [7, 11) is 0. The van der Waals surface area contributed by atoms with Crippen molar-refractivity contribution in [3.63, 3.8) is 0 Å². The molecule has 0 unspecified atom stereocenters. The molecule has 0 saturated carbocycles. The molecule has 2 aromatic carbocycles. The highest BCUT2D eigenvalue weighted by molar-refractivity contribution is 9.10. The zero-order valence-electron chi connectivity index (χ0n) is 15.4. The lowest BCUT2D eigenvalue weighted by atomic mass is 10.1. The molecule has 28 heavy (non-hydrogen) atoms. The molecule has 1 aliphatic rings. The Morgan fingerprint density at radius 1 is 1.14 bits per heavy atom. The number of carbonyl (C=O) groups excluding carboxylic acids is 3. The van der Waals surface area contributed by atoms with Gasteiger partial charge in [-0.1, -0.05) is 40.2 Å². The highest BCUT2D eigenvalue weighted by Gasteiger charge is 2.37. The van der Waals surface area contributed by atoms with Crippen molar-refractivity contribution in [2.75, 3.05) is 24.7 Å². The first kappa shape index (κ1) is 20.1. The van der Waals surface area contributed by atoms with Crippen LogP contribution in [0.5, 0.6) is 5.75 Å². The third-order valence-electron chi connectivity index (χ3n) is 4.43. The Balaban J connectivity index is 1.61. The molecular formula is C21H20BrNO5. The number of ketones is 1. The van der Waals surface area contributed by atoms with Gasteiger partial charge in [-0.05, 0) is 31.2 Å². The van der Waals surface area contributed by atoms with E-state index in [0.717, 1.165) is 4.47 Å². The van der Waals surface area contributed by atoms with Gasteiger partial charge in [0, 0.05) is 23.0 Å². The van der Waals surface area contributed by atoms with E-state index in [4.69, 9.17) is 9.47 Å². The average Bonchev–Trinajstić information content (AvgIpc) is 3.09. The van der Waals surface area contributed by atoms with Gasteiger partial charge < -0.3 is 14.4 Å². The Hall–Kier alpha value is -2.67. The summed E-state index contributed by atoms with van der Waals surface area (Å²) in [4.78, 5) is 38.5. The molecule has 0 aromatic heterocycles. The van der Waals surface area contributed by atoms with Crippen molar-refractivity contribution in [2.24, 2.45) is 5.92 Å². The lowest BCUT2D eigenvalue weighted by molar-refractivity contribution is -0.147. The van der Waals surface area contributed by atoms with E-state index >= 15 is 0 Å². The maximum Gasteiger partial charge on any atom is 0.311 e. The van der Waals surface area contributed by atoms with Gasteiger partial charge in [0.2, 0.25) is 5.91 Å². The molecule has 6 nitrogen and oxygen atoms in total. The van der Waals surface area contributed by atoms with Gasteiger partial charge in [0.1, 0.15) is 5.75 Å². The monoisotopic (exact) mass is 445 g/mol. The first-order valence-corrected chi connectivity index (χ1v) is 9.76. The van der Waals surface area contributed by atoms with Gasteiger partial charge in [-0.15, -0.1) is 0 Å². The number of para-hydroxylation sites is 2. The average molecular weight is 446 g/mol. The fraction of sp³-hybridized carbons (Fsp3) is 0.286. The fourth-order valence-electron chi connectivity index (χ4n) is 3.03. The molecular weight excluding hydrogens is 426 g/mol. The van der Waals surface area contributed by atoms with E-state index in [9.17, 15) is 14.4 Å². The Labute approximate surface area is 171 Å². The van der Waals surface area contributed by atoms with Crippen molar-refractivity contribution in [2.45, 2.75) is 13.3 Å². The van der Waals surface area contributed by atoms with E-state index < -0.39 is 11.9 Å². The first-order chi connectivity index (χ1) is 13.5. The zero-order valence-corrected chi connectivity index (χ0v) is 17.0. The van der Waals surface area contributed by atoms with Crippen LogP contribution in [0.1, 0.15) is 23.7 Å². The Morgan fingerprint density at radius 3 is 2.57 bits per heavy atom. The Morgan fingerprint density at radius 2 is 1.86 bits per heavy atom. The number of rotatable bonds is 7. The zero-order chi connectivity index (χ0) is 20.1. The highest BCUT2D eigenvalue weighted by atomic mass is 79.9. The summed E-state index contributed by atoms with van der Waals surface area (Å²) in [6.45, 7) is 2.20. The smallest absolute Gasteiger partial charge is 0.311 e. The lowest BCUT2D eigenvalue weighted by Crippen LogP contribution is -2.27. The van der Waals surface area contributed by atoms with Crippen LogP contribution in [0.4, 0.5) is 5.69 Å². The van der Waals surface area contributed by atoms with Crippen LogP contribution in [-0.4, -0.2) is 37.4 Å². The molecule has 0 spiro atoms. The predicted octanol–water partition coefficient (Wildman–Crippen LogP) is 3.63. The van der Waals surface area contributed by atoms with Crippen LogP contribution < -0.4 is 9.64 Å². The summed E-state index contributed by atoms with van der Waals surface area (Å²) >= 11 is 3.30. The highest BCUT2D eigenvalue weighted by Crippen LogP contribution is 2.33. The molecule has 146 valence electrons. The summed E-state index contributed by atoms with van der Waals surface area (Å²) in [5.41, 5.74) is 1.10. The molecule has 3 rings (SSSR count). The van der Waals surface area contributed by atoms with Gasteiger partial charge >= 0.3 is 5.97 Å². The SMILES string of the molecule is CCOc1ccccc1N1C[C@@H](C(=O)OCC(=O)c2ccc(Br)cc2)CC1=O. The number of esters is 1. The number of hydrogen-bond donors (Lipinski definition) is 0. The second kappa shape index (κ2) is 9.01. The van der Waals surface area contributed by atoms with Crippen LogP contribution in [0.3, 0.4) is 0 Å². The van der Waals surface area contributed by atoms with Gasteiger partial charge in [0.15, 0.2) is 12.4 Å². The number of nitrogens with zero attached hydrogens (tertiary/aromatic N) is 1. The van der Waals surface area contributed by atoms with Gasteiger partial charge in [0.25, 0.3) is 0 Å². The minimum absolute atomic E-state index is 0.0474. The van der Waals surface area contributed by atoms with E-state index in [1.807, 2.05) is 19.1 Å². The molecule has 2 aromatic rings. The number of amides is 1. The van der Waals surface area contributed by atoms with E-state index in [-0.39, 0.29) is 31.3 Å². The first-order valence-electron chi connectivity index (χ1n) is 8.97. The molecule has 1 amide bonds. The minimum Gasteiger partial charge on any atom is -0.492 e. The largest absolute Gasteiger partial charge is 0.492 e. The molecule has 0 N–H and O–H groups in total. The van der Waals surface area contributed by atoms with Crippen LogP contribution >= 0.6 is 15.9 Å². The minimum atomic E-state index is -0.611. The van der Waals surface area contributed by atoms with E-state index in [1.54, 1.807) is 36.4 Å².